The summed E-state index contributed by atoms with van der Waals surface area (Å²) in [7, 11) is 1.71. The van der Waals surface area contributed by atoms with Gasteiger partial charge in [-0.15, -0.1) is 0 Å². The molecule has 0 heterocycles. The third-order valence-electron chi connectivity index (χ3n) is 3.94. The van der Waals surface area contributed by atoms with Gasteiger partial charge in [0.1, 0.15) is 5.75 Å². The maximum absolute atomic E-state index is 8.91. The molecule has 0 unspecified atom stereocenters. The van der Waals surface area contributed by atoms with Gasteiger partial charge in [-0.3, -0.25) is 0 Å². The van der Waals surface area contributed by atoms with E-state index in [0.29, 0.717) is 6.04 Å². The molecule has 0 amide bonds. The summed E-state index contributed by atoms with van der Waals surface area (Å²) in [5, 5.41) is 12.5. The second-order valence-electron chi connectivity index (χ2n) is 5.20. The van der Waals surface area contributed by atoms with Crippen LogP contribution in [0.15, 0.2) is 18.2 Å². The SMILES string of the molecule is CCc1cc(NC2CCC(C#N)CC2)ccc1OC. The quantitative estimate of drug-likeness (QED) is 0.894. The molecule has 102 valence electrons. The minimum atomic E-state index is 0.264. The molecule has 1 aromatic rings. The molecule has 0 aliphatic heterocycles. The molecule has 1 aromatic carbocycles. The highest BCUT2D eigenvalue weighted by atomic mass is 16.5. The Morgan fingerprint density at radius 1 is 1.32 bits per heavy atom. The molecule has 0 aromatic heterocycles. The molecular weight excluding hydrogens is 236 g/mol. The summed E-state index contributed by atoms with van der Waals surface area (Å²) >= 11 is 0. The number of nitriles is 1. The summed E-state index contributed by atoms with van der Waals surface area (Å²) in [6.45, 7) is 2.14. The highest BCUT2D eigenvalue weighted by Crippen LogP contribution is 2.28. The van der Waals surface area contributed by atoms with Crippen molar-refractivity contribution in [1.29, 1.82) is 5.26 Å². The fourth-order valence-electron chi connectivity index (χ4n) is 2.75. The van der Waals surface area contributed by atoms with E-state index in [1.807, 2.05) is 6.07 Å². The summed E-state index contributed by atoms with van der Waals surface area (Å²) in [5.74, 6) is 1.22. The van der Waals surface area contributed by atoms with Crippen LogP contribution in [0, 0.1) is 17.2 Å². The van der Waals surface area contributed by atoms with Crippen LogP contribution < -0.4 is 10.1 Å². The van der Waals surface area contributed by atoms with Crippen molar-refractivity contribution in [2.75, 3.05) is 12.4 Å². The van der Waals surface area contributed by atoms with Crippen LogP contribution in [-0.4, -0.2) is 13.2 Å². The lowest BCUT2D eigenvalue weighted by Gasteiger charge is -2.26. The third kappa shape index (κ3) is 3.41. The van der Waals surface area contributed by atoms with Crippen molar-refractivity contribution >= 4 is 5.69 Å². The predicted octanol–water partition coefficient (Wildman–Crippen LogP) is 3.75. The largest absolute Gasteiger partial charge is 0.496 e. The Kier molecular flexibility index (Phi) is 4.68. The summed E-state index contributed by atoms with van der Waals surface area (Å²) in [4.78, 5) is 0. The Morgan fingerprint density at radius 2 is 2.05 bits per heavy atom. The van der Waals surface area contributed by atoms with E-state index >= 15 is 0 Å². The van der Waals surface area contributed by atoms with Gasteiger partial charge < -0.3 is 10.1 Å². The molecule has 1 aliphatic carbocycles. The van der Waals surface area contributed by atoms with Gasteiger partial charge in [0.25, 0.3) is 0 Å². The first-order valence-electron chi connectivity index (χ1n) is 7.10. The molecule has 0 atom stereocenters. The van der Waals surface area contributed by atoms with Crippen LogP contribution >= 0.6 is 0 Å². The average Bonchev–Trinajstić information content (AvgIpc) is 2.48. The molecule has 1 aliphatic rings. The number of benzene rings is 1. The summed E-state index contributed by atoms with van der Waals surface area (Å²) in [6.07, 6.45) is 5.19. The van der Waals surface area contributed by atoms with E-state index in [1.165, 1.54) is 5.56 Å². The van der Waals surface area contributed by atoms with Gasteiger partial charge in [-0.05, 0) is 55.9 Å². The van der Waals surface area contributed by atoms with E-state index in [4.69, 9.17) is 10.00 Å². The molecule has 0 bridgehead atoms. The zero-order valence-electron chi connectivity index (χ0n) is 11.8. The molecule has 3 heteroatoms. The summed E-state index contributed by atoms with van der Waals surface area (Å²) in [5.41, 5.74) is 2.40. The standard InChI is InChI=1S/C16H22N2O/c1-3-13-10-15(8-9-16(13)19-2)18-14-6-4-12(11-17)5-7-14/h8-10,12,14,18H,3-7H2,1-2H3. The number of nitrogens with zero attached hydrogens (tertiary/aromatic N) is 1. The van der Waals surface area contributed by atoms with Crippen molar-refractivity contribution in [3.8, 4) is 11.8 Å². The van der Waals surface area contributed by atoms with E-state index in [9.17, 15) is 0 Å². The van der Waals surface area contributed by atoms with E-state index in [-0.39, 0.29) is 5.92 Å². The number of methoxy groups -OCH3 is 1. The molecular formula is C16H22N2O. The van der Waals surface area contributed by atoms with E-state index in [2.05, 4.69) is 30.4 Å². The first kappa shape index (κ1) is 13.7. The molecule has 2 rings (SSSR count). The fourth-order valence-corrected chi connectivity index (χ4v) is 2.75. The van der Waals surface area contributed by atoms with Crippen molar-refractivity contribution in [1.82, 2.24) is 0 Å². The van der Waals surface area contributed by atoms with Gasteiger partial charge in [-0.1, -0.05) is 6.92 Å². The maximum Gasteiger partial charge on any atom is 0.122 e. The van der Waals surface area contributed by atoms with Crippen molar-refractivity contribution in [2.45, 2.75) is 45.1 Å². The smallest absolute Gasteiger partial charge is 0.122 e. The van der Waals surface area contributed by atoms with E-state index in [1.54, 1.807) is 7.11 Å². The predicted molar refractivity (Wildman–Crippen MR) is 77.4 cm³/mol. The van der Waals surface area contributed by atoms with Gasteiger partial charge in [-0.25, -0.2) is 0 Å². The van der Waals surface area contributed by atoms with E-state index in [0.717, 1.165) is 43.5 Å². The fraction of sp³-hybridized carbons (Fsp3) is 0.562. The Balaban J connectivity index is 1.98. The number of hydrogen-bond donors (Lipinski definition) is 1. The molecule has 19 heavy (non-hydrogen) atoms. The summed E-state index contributed by atoms with van der Waals surface area (Å²) < 4.78 is 5.35. The van der Waals surface area contributed by atoms with Gasteiger partial charge in [-0.2, -0.15) is 5.26 Å². The lowest BCUT2D eigenvalue weighted by molar-refractivity contribution is 0.397. The minimum Gasteiger partial charge on any atom is -0.496 e. The Morgan fingerprint density at radius 3 is 2.63 bits per heavy atom. The molecule has 0 saturated heterocycles. The molecule has 0 radical (unpaired) electrons. The molecule has 1 fully saturated rings. The maximum atomic E-state index is 8.91. The van der Waals surface area contributed by atoms with Crippen LogP contribution in [0.2, 0.25) is 0 Å². The number of aryl methyl sites for hydroxylation is 1. The zero-order chi connectivity index (χ0) is 13.7. The van der Waals surface area contributed by atoms with Crippen LogP contribution in [0.4, 0.5) is 5.69 Å². The average molecular weight is 258 g/mol. The van der Waals surface area contributed by atoms with Crippen molar-refractivity contribution in [3.05, 3.63) is 23.8 Å². The Bertz CT molecular complexity index is 456. The highest BCUT2D eigenvalue weighted by Gasteiger charge is 2.20. The first-order valence-corrected chi connectivity index (χ1v) is 7.10. The molecule has 1 N–H and O–H groups in total. The van der Waals surface area contributed by atoms with Crippen LogP contribution in [0.5, 0.6) is 5.75 Å². The molecule has 0 spiro atoms. The van der Waals surface area contributed by atoms with E-state index < -0.39 is 0 Å². The zero-order valence-corrected chi connectivity index (χ0v) is 11.8. The third-order valence-corrected chi connectivity index (χ3v) is 3.94. The Labute approximate surface area is 115 Å². The normalized spacial score (nSPS) is 22.6. The summed E-state index contributed by atoms with van der Waals surface area (Å²) in [6, 6.07) is 9.16. The highest BCUT2D eigenvalue weighted by molar-refractivity contribution is 5.51. The van der Waals surface area contributed by atoms with Gasteiger partial charge >= 0.3 is 0 Å². The molecule has 3 nitrogen and oxygen atoms in total. The number of nitrogens with one attached hydrogen (secondary N) is 1. The lowest BCUT2D eigenvalue weighted by atomic mass is 9.87. The number of anilines is 1. The number of ether oxygens (including phenoxy) is 1. The van der Waals surface area contributed by atoms with Crippen molar-refractivity contribution < 1.29 is 4.74 Å². The van der Waals surface area contributed by atoms with Gasteiger partial charge in [0.15, 0.2) is 0 Å². The minimum absolute atomic E-state index is 0.264. The van der Waals surface area contributed by atoms with Gasteiger partial charge in [0.2, 0.25) is 0 Å². The van der Waals surface area contributed by atoms with Gasteiger partial charge in [0, 0.05) is 17.6 Å². The van der Waals surface area contributed by atoms with Crippen LogP contribution in [-0.2, 0) is 6.42 Å². The second kappa shape index (κ2) is 6.47. The first-order chi connectivity index (χ1) is 9.26. The number of rotatable bonds is 4. The Hall–Kier alpha value is -1.69. The van der Waals surface area contributed by atoms with Crippen molar-refractivity contribution in [3.63, 3.8) is 0 Å². The van der Waals surface area contributed by atoms with Crippen LogP contribution in [0.25, 0.3) is 0 Å². The van der Waals surface area contributed by atoms with Crippen molar-refractivity contribution in [2.24, 2.45) is 5.92 Å². The number of hydrogen-bond acceptors (Lipinski definition) is 3. The molecule has 1 saturated carbocycles. The second-order valence-corrected chi connectivity index (χ2v) is 5.20. The van der Waals surface area contributed by atoms with Crippen LogP contribution in [0.1, 0.15) is 38.2 Å². The lowest BCUT2D eigenvalue weighted by Crippen LogP contribution is -2.25. The van der Waals surface area contributed by atoms with Gasteiger partial charge in [0.05, 0.1) is 13.2 Å². The van der Waals surface area contributed by atoms with Crippen LogP contribution in [0.3, 0.4) is 0 Å². The topological polar surface area (TPSA) is 45.0 Å². The monoisotopic (exact) mass is 258 g/mol.